The molecular weight excluding hydrogens is 458 g/mol. The second-order valence-electron chi connectivity index (χ2n) is 8.57. The summed E-state index contributed by atoms with van der Waals surface area (Å²) in [5.74, 6) is -0.501. The topological polar surface area (TPSA) is 105 Å². The van der Waals surface area contributed by atoms with Gasteiger partial charge in [-0.15, -0.1) is 0 Å². The molecule has 2 aliphatic rings. The average molecular weight is 488 g/mol. The minimum atomic E-state index is -3.71. The molecule has 2 aromatic carbocycles. The molecule has 1 atom stereocenters. The van der Waals surface area contributed by atoms with E-state index in [4.69, 9.17) is 9.47 Å². The van der Waals surface area contributed by atoms with E-state index in [2.05, 4.69) is 5.32 Å². The zero-order valence-electron chi connectivity index (χ0n) is 19.5. The van der Waals surface area contributed by atoms with E-state index in [1.165, 1.54) is 10.4 Å². The van der Waals surface area contributed by atoms with Crippen LogP contribution in [0.1, 0.15) is 17.5 Å². The Kier molecular flexibility index (Phi) is 6.92. The van der Waals surface area contributed by atoms with E-state index < -0.39 is 15.9 Å². The van der Waals surface area contributed by atoms with Crippen molar-refractivity contribution in [3.05, 3.63) is 47.5 Å². The van der Waals surface area contributed by atoms with Crippen LogP contribution in [0.4, 0.5) is 11.4 Å². The zero-order chi connectivity index (χ0) is 24.5. The summed E-state index contributed by atoms with van der Waals surface area (Å²) in [6.45, 7) is 5.16. The highest BCUT2D eigenvalue weighted by Gasteiger charge is 2.36. The minimum absolute atomic E-state index is 0.0632. The molecule has 34 heavy (non-hydrogen) atoms. The van der Waals surface area contributed by atoms with Crippen LogP contribution in [0.3, 0.4) is 0 Å². The van der Waals surface area contributed by atoms with E-state index in [0.717, 1.165) is 5.56 Å². The van der Waals surface area contributed by atoms with Gasteiger partial charge in [-0.05, 0) is 49.2 Å². The quantitative estimate of drug-likeness (QED) is 0.671. The maximum absolute atomic E-state index is 13.1. The molecule has 0 radical (unpaired) electrons. The molecule has 2 fully saturated rings. The van der Waals surface area contributed by atoms with Crippen LogP contribution in [-0.4, -0.2) is 64.5 Å². The van der Waals surface area contributed by atoms with Gasteiger partial charge in [-0.3, -0.25) is 9.59 Å². The van der Waals surface area contributed by atoms with Crippen molar-refractivity contribution in [3.63, 3.8) is 0 Å². The molecule has 0 spiro atoms. The summed E-state index contributed by atoms with van der Waals surface area (Å²) in [4.78, 5) is 27.5. The van der Waals surface area contributed by atoms with Gasteiger partial charge < -0.3 is 19.7 Å². The van der Waals surface area contributed by atoms with Gasteiger partial charge in [0.15, 0.2) is 0 Å². The number of hydrogen-bond donors (Lipinski definition) is 1. The Morgan fingerprint density at radius 1 is 1.12 bits per heavy atom. The van der Waals surface area contributed by atoms with E-state index in [-0.39, 0.29) is 29.7 Å². The fourth-order valence-electron chi connectivity index (χ4n) is 4.25. The molecule has 2 amide bonds. The van der Waals surface area contributed by atoms with Crippen LogP contribution in [0.25, 0.3) is 0 Å². The Balaban J connectivity index is 1.51. The van der Waals surface area contributed by atoms with Gasteiger partial charge in [0.25, 0.3) is 0 Å². The van der Waals surface area contributed by atoms with Gasteiger partial charge in [0.2, 0.25) is 21.8 Å². The first-order chi connectivity index (χ1) is 16.2. The van der Waals surface area contributed by atoms with Gasteiger partial charge in [0.1, 0.15) is 5.75 Å². The highest BCUT2D eigenvalue weighted by molar-refractivity contribution is 7.89. The minimum Gasteiger partial charge on any atom is -0.495 e. The molecule has 2 heterocycles. The van der Waals surface area contributed by atoms with Gasteiger partial charge in [-0.25, -0.2) is 8.42 Å². The normalized spacial score (nSPS) is 19.3. The summed E-state index contributed by atoms with van der Waals surface area (Å²) in [6.07, 6.45) is 0.0632. The standard InChI is InChI=1S/C24H29N3O6S/c1-16-4-7-21(32-3)20(12-16)27-15-18(13-23(27)28)24(29)25-19-6-5-17(2)22(14-19)34(30,31)26-8-10-33-11-9-26/h4-7,12,14,18H,8-11,13,15H2,1-3H3,(H,25,29). The van der Waals surface area contributed by atoms with Crippen molar-refractivity contribution in [1.82, 2.24) is 4.31 Å². The Hall–Kier alpha value is -2.95. The summed E-state index contributed by atoms with van der Waals surface area (Å²) in [5, 5.41) is 2.80. The molecule has 10 heteroatoms. The number of benzene rings is 2. The summed E-state index contributed by atoms with van der Waals surface area (Å²) in [7, 11) is -2.17. The largest absolute Gasteiger partial charge is 0.495 e. The van der Waals surface area contributed by atoms with Crippen molar-refractivity contribution in [2.24, 2.45) is 5.92 Å². The molecule has 1 unspecified atom stereocenters. The Bertz CT molecular complexity index is 1210. The summed E-state index contributed by atoms with van der Waals surface area (Å²) in [6, 6.07) is 10.4. The fourth-order valence-corrected chi connectivity index (χ4v) is 5.91. The van der Waals surface area contributed by atoms with Crippen molar-refractivity contribution in [3.8, 4) is 5.75 Å². The molecule has 9 nitrogen and oxygen atoms in total. The highest BCUT2D eigenvalue weighted by atomic mass is 32.2. The lowest BCUT2D eigenvalue weighted by Crippen LogP contribution is -2.40. The lowest BCUT2D eigenvalue weighted by atomic mass is 10.1. The molecule has 0 aromatic heterocycles. The van der Waals surface area contributed by atoms with Crippen molar-refractivity contribution in [1.29, 1.82) is 0 Å². The molecule has 4 rings (SSSR count). The van der Waals surface area contributed by atoms with Crippen LogP contribution in [0.2, 0.25) is 0 Å². The van der Waals surface area contributed by atoms with E-state index >= 15 is 0 Å². The summed E-state index contributed by atoms with van der Waals surface area (Å²) in [5.41, 5.74) is 2.59. The third kappa shape index (κ3) is 4.79. The van der Waals surface area contributed by atoms with Gasteiger partial charge in [0, 0.05) is 31.7 Å². The molecule has 0 bridgehead atoms. The number of methoxy groups -OCH3 is 1. The second-order valence-corrected chi connectivity index (χ2v) is 10.5. The Labute approximate surface area is 199 Å². The second kappa shape index (κ2) is 9.73. The number of nitrogens with zero attached hydrogens (tertiary/aromatic N) is 2. The number of morpholine rings is 1. The molecule has 182 valence electrons. The third-order valence-electron chi connectivity index (χ3n) is 6.16. The number of anilines is 2. The molecule has 0 saturated carbocycles. The molecule has 2 aliphatic heterocycles. The zero-order valence-corrected chi connectivity index (χ0v) is 20.4. The number of aryl methyl sites for hydroxylation is 2. The number of carbonyl (C=O) groups is 2. The predicted molar refractivity (Wildman–Crippen MR) is 128 cm³/mol. The van der Waals surface area contributed by atoms with E-state index in [1.807, 2.05) is 19.1 Å². The van der Waals surface area contributed by atoms with E-state index in [0.29, 0.717) is 49.0 Å². The number of hydrogen-bond acceptors (Lipinski definition) is 6. The SMILES string of the molecule is COc1ccc(C)cc1N1CC(C(=O)Nc2ccc(C)c(S(=O)(=O)N3CCOCC3)c2)CC1=O. The van der Waals surface area contributed by atoms with Crippen LogP contribution in [0, 0.1) is 19.8 Å². The first-order valence-corrected chi connectivity index (χ1v) is 12.6. The maximum Gasteiger partial charge on any atom is 0.243 e. The van der Waals surface area contributed by atoms with Gasteiger partial charge >= 0.3 is 0 Å². The lowest BCUT2D eigenvalue weighted by Gasteiger charge is -2.27. The third-order valence-corrected chi connectivity index (χ3v) is 8.21. The van der Waals surface area contributed by atoms with Crippen LogP contribution in [0.5, 0.6) is 5.75 Å². The Morgan fingerprint density at radius 2 is 1.85 bits per heavy atom. The molecule has 1 N–H and O–H groups in total. The number of sulfonamides is 1. The monoisotopic (exact) mass is 487 g/mol. The summed E-state index contributed by atoms with van der Waals surface area (Å²) < 4.78 is 38.3. The number of ether oxygens (including phenoxy) is 2. The first kappa shape index (κ1) is 24.2. The highest BCUT2D eigenvalue weighted by Crippen LogP contribution is 2.34. The fraction of sp³-hybridized carbons (Fsp3) is 0.417. The molecular formula is C24H29N3O6S. The first-order valence-electron chi connectivity index (χ1n) is 11.1. The molecule has 2 aromatic rings. The van der Waals surface area contributed by atoms with E-state index in [9.17, 15) is 18.0 Å². The van der Waals surface area contributed by atoms with Crippen molar-refractivity contribution < 1.29 is 27.5 Å². The van der Waals surface area contributed by atoms with Crippen molar-refractivity contribution in [2.45, 2.75) is 25.2 Å². The van der Waals surface area contributed by atoms with Gasteiger partial charge in [-0.1, -0.05) is 12.1 Å². The molecule has 2 saturated heterocycles. The van der Waals surface area contributed by atoms with Gasteiger partial charge in [0.05, 0.1) is 36.8 Å². The predicted octanol–water partition coefficient (Wildman–Crippen LogP) is 2.32. The number of rotatable bonds is 6. The molecule has 0 aliphatic carbocycles. The van der Waals surface area contributed by atoms with E-state index in [1.54, 1.807) is 37.1 Å². The number of carbonyl (C=O) groups excluding carboxylic acids is 2. The van der Waals surface area contributed by atoms with Crippen molar-refractivity contribution >= 4 is 33.2 Å². The van der Waals surface area contributed by atoms with Crippen molar-refractivity contribution in [2.75, 3.05) is 50.2 Å². The number of amides is 2. The number of nitrogens with one attached hydrogen (secondary N) is 1. The Morgan fingerprint density at radius 3 is 2.56 bits per heavy atom. The smallest absolute Gasteiger partial charge is 0.243 e. The van der Waals surface area contributed by atoms with Crippen LogP contribution < -0.4 is 15.0 Å². The lowest BCUT2D eigenvalue weighted by molar-refractivity contribution is -0.122. The van der Waals surface area contributed by atoms with Gasteiger partial charge in [-0.2, -0.15) is 4.31 Å². The maximum atomic E-state index is 13.1. The summed E-state index contributed by atoms with van der Waals surface area (Å²) >= 11 is 0. The van der Waals surface area contributed by atoms with Crippen LogP contribution in [0.15, 0.2) is 41.3 Å². The van der Waals surface area contributed by atoms with Crippen LogP contribution >= 0.6 is 0 Å². The average Bonchev–Trinajstić information content (AvgIpc) is 3.22. The van der Waals surface area contributed by atoms with Crippen LogP contribution in [-0.2, 0) is 24.3 Å².